The van der Waals surface area contributed by atoms with Crippen LogP contribution in [0.5, 0.6) is 11.5 Å². The third-order valence-corrected chi connectivity index (χ3v) is 3.33. The molecule has 2 rings (SSSR count). The van der Waals surface area contributed by atoms with Gasteiger partial charge in [0.15, 0.2) is 0 Å². The predicted molar refractivity (Wildman–Crippen MR) is 78.4 cm³/mol. The molecule has 0 unspecified atom stereocenters. The molecule has 2 aromatic rings. The van der Waals surface area contributed by atoms with Gasteiger partial charge in [-0.25, -0.2) is 0 Å². The molecule has 0 amide bonds. The topological polar surface area (TPSA) is 35.2 Å². The highest BCUT2D eigenvalue weighted by Crippen LogP contribution is 2.28. The summed E-state index contributed by atoms with van der Waals surface area (Å²) < 4.78 is 7.03. The van der Waals surface area contributed by atoms with Gasteiger partial charge < -0.3 is 10.5 Å². The van der Waals surface area contributed by atoms with Gasteiger partial charge >= 0.3 is 0 Å². The van der Waals surface area contributed by atoms with Crippen LogP contribution in [0, 0.1) is 3.57 Å². The van der Waals surface area contributed by atoms with Gasteiger partial charge in [0.05, 0.1) is 3.57 Å². The molecule has 0 aliphatic carbocycles. The monoisotopic (exact) mass is 339 g/mol. The van der Waals surface area contributed by atoms with E-state index in [9.17, 15) is 0 Å². The van der Waals surface area contributed by atoms with Crippen LogP contribution in [0.2, 0.25) is 0 Å². The van der Waals surface area contributed by atoms with Crippen molar-refractivity contribution >= 4 is 22.6 Å². The van der Waals surface area contributed by atoms with Crippen molar-refractivity contribution in [1.29, 1.82) is 0 Å². The van der Waals surface area contributed by atoms with Gasteiger partial charge in [-0.15, -0.1) is 0 Å². The summed E-state index contributed by atoms with van der Waals surface area (Å²) in [7, 11) is 0. The number of hydrogen-bond acceptors (Lipinski definition) is 2. The number of nitrogens with two attached hydrogens (primary N) is 1. The molecule has 0 aromatic heterocycles. The lowest BCUT2D eigenvalue weighted by molar-refractivity contribution is 0.473. The lowest BCUT2D eigenvalue weighted by Gasteiger charge is -2.11. The predicted octanol–water partition coefficient (Wildman–Crippen LogP) is 3.58. The van der Waals surface area contributed by atoms with Crippen LogP contribution in [0.3, 0.4) is 0 Å². The smallest absolute Gasteiger partial charge is 0.140 e. The van der Waals surface area contributed by atoms with E-state index >= 15 is 0 Å². The highest BCUT2D eigenvalue weighted by atomic mass is 127. The van der Waals surface area contributed by atoms with Gasteiger partial charge in [0.25, 0.3) is 0 Å². The van der Waals surface area contributed by atoms with Gasteiger partial charge in [0.1, 0.15) is 11.5 Å². The van der Waals surface area contributed by atoms with E-state index in [0.29, 0.717) is 6.54 Å². The summed E-state index contributed by atoms with van der Waals surface area (Å²) in [5, 5.41) is 0. The van der Waals surface area contributed by atoms with Crippen molar-refractivity contribution < 1.29 is 4.74 Å². The Morgan fingerprint density at radius 1 is 0.941 bits per heavy atom. The second kappa shape index (κ2) is 6.02. The van der Waals surface area contributed by atoms with Gasteiger partial charge in [0, 0.05) is 0 Å². The van der Waals surface area contributed by atoms with E-state index < -0.39 is 0 Å². The fourth-order valence-corrected chi connectivity index (χ4v) is 2.11. The number of benzene rings is 2. The highest BCUT2D eigenvalue weighted by molar-refractivity contribution is 14.1. The zero-order valence-corrected chi connectivity index (χ0v) is 11.6. The first kappa shape index (κ1) is 12.4. The molecule has 0 atom stereocenters. The quantitative estimate of drug-likeness (QED) is 0.864. The maximum atomic E-state index is 5.93. The molecule has 17 heavy (non-hydrogen) atoms. The van der Waals surface area contributed by atoms with Gasteiger partial charge in [-0.2, -0.15) is 0 Å². The Hall–Kier alpha value is -1.07. The minimum absolute atomic E-state index is 0.631. The SMILES string of the molecule is NCCc1ccccc1Oc1ccccc1I. The van der Waals surface area contributed by atoms with E-state index in [1.165, 1.54) is 0 Å². The van der Waals surface area contributed by atoms with Crippen molar-refractivity contribution in [2.45, 2.75) is 6.42 Å². The Labute approximate surface area is 115 Å². The first-order chi connectivity index (χ1) is 8.31. The summed E-state index contributed by atoms with van der Waals surface area (Å²) in [4.78, 5) is 0. The molecule has 2 nitrogen and oxygen atoms in total. The largest absolute Gasteiger partial charge is 0.456 e. The summed E-state index contributed by atoms with van der Waals surface area (Å²) in [5.74, 6) is 1.78. The Kier molecular flexibility index (Phi) is 4.39. The highest BCUT2D eigenvalue weighted by Gasteiger charge is 2.05. The fraction of sp³-hybridized carbons (Fsp3) is 0.143. The first-order valence-electron chi connectivity index (χ1n) is 5.51. The average Bonchev–Trinajstić information content (AvgIpc) is 2.35. The Balaban J connectivity index is 2.27. The van der Waals surface area contributed by atoms with Crippen molar-refractivity contribution in [2.75, 3.05) is 6.54 Å². The van der Waals surface area contributed by atoms with Crippen LogP contribution in [0.25, 0.3) is 0 Å². The average molecular weight is 339 g/mol. The van der Waals surface area contributed by atoms with E-state index in [1.807, 2.05) is 42.5 Å². The Bertz CT molecular complexity index is 499. The Morgan fingerprint density at radius 3 is 2.29 bits per heavy atom. The molecule has 3 heteroatoms. The summed E-state index contributed by atoms with van der Waals surface area (Å²) in [5.41, 5.74) is 6.74. The number of hydrogen-bond donors (Lipinski definition) is 1. The van der Waals surface area contributed by atoms with Crippen LogP contribution in [-0.2, 0) is 6.42 Å². The molecule has 0 radical (unpaired) electrons. The lowest BCUT2D eigenvalue weighted by Crippen LogP contribution is -2.04. The number of rotatable bonds is 4. The fourth-order valence-electron chi connectivity index (χ4n) is 1.61. The van der Waals surface area contributed by atoms with Crippen LogP contribution in [0.1, 0.15) is 5.56 Å². The van der Waals surface area contributed by atoms with Crippen molar-refractivity contribution in [3.8, 4) is 11.5 Å². The summed E-state index contributed by atoms with van der Waals surface area (Å²) in [6.07, 6.45) is 0.833. The molecule has 0 aliphatic rings. The molecule has 0 saturated heterocycles. The summed E-state index contributed by atoms with van der Waals surface area (Å²) in [6.45, 7) is 0.631. The molecule has 2 aromatic carbocycles. The van der Waals surface area contributed by atoms with Crippen molar-refractivity contribution in [3.63, 3.8) is 0 Å². The zero-order chi connectivity index (χ0) is 12.1. The molecule has 0 fully saturated rings. The molecule has 0 bridgehead atoms. The van der Waals surface area contributed by atoms with Gasteiger partial charge in [0.2, 0.25) is 0 Å². The van der Waals surface area contributed by atoms with Crippen molar-refractivity contribution in [2.24, 2.45) is 5.73 Å². The Morgan fingerprint density at radius 2 is 1.59 bits per heavy atom. The third kappa shape index (κ3) is 3.20. The van der Waals surface area contributed by atoms with Gasteiger partial charge in [-0.3, -0.25) is 0 Å². The molecule has 0 aliphatic heterocycles. The molecular weight excluding hydrogens is 325 g/mol. The van der Waals surface area contributed by atoms with E-state index in [1.54, 1.807) is 0 Å². The molecule has 88 valence electrons. The maximum absolute atomic E-state index is 5.93. The van der Waals surface area contributed by atoms with Crippen LogP contribution in [0.15, 0.2) is 48.5 Å². The van der Waals surface area contributed by atoms with E-state index in [-0.39, 0.29) is 0 Å². The minimum Gasteiger partial charge on any atom is -0.456 e. The number of halogens is 1. The maximum Gasteiger partial charge on any atom is 0.140 e. The lowest BCUT2D eigenvalue weighted by atomic mass is 10.1. The van der Waals surface area contributed by atoms with Crippen LogP contribution < -0.4 is 10.5 Å². The first-order valence-corrected chi connectivity index (χ1v) is 6.59. The standard InChI is InChI=1S/C14H14INO/c15-12-6-2-4-8-14(12)17-13-7-3-1-5-11(13)9-10-16/h1-8H,9-10,16H2. The summed E-state index contributed by atoms with van der Waals surface area (Å²) >= 11 is 2.27. The number of ether oxygens (including phenoxy) is 1. The molecule has 0 spiro atoms. The van der Waals surface area contributed by atoms with Crippen LogP contribution >= 0.6 is 22.6 Å². The number of para-hydroxylation sites is 2. The van der Waals surface area contributed by atoms with E-state index in [4.69, 9.17) is 10.5 Å². The van der Waals surface area contributed by atoms with Gasteiger partial charge in [-0.05, 0) is 59.3 Å². The minimum atomic E-state index is 0.631. The molecule has 2 N–H and O–H groups in total. The van der Waals surface area contributed by atoms with Crippen LogP contribution in [-0.4, -0.2) is 6.54 Å². The van der Waals surface area contributed by atoms with Gasteiger partial charge in [-0.1, -0.05) is 30.3 Å². The normalized spacial score (nSPS) is 10.2. The summed E-state index contributed by atoms with van der Waals surface area (Å²) in [6, 6.07) is 16.0. The second-order valence-electron chi connectivity index (χ2n) is 3.68. The van der Waals surface area contributed by atoms with E-state index in [2.05, 4.69) is 28.7 Å². The zero-order valence-electron chi connectivity index (χ0n) is 9.40. The van der Waals surface area contributed by atoms with Crippen LogP contribution in [0.4, 0.5) is 0 Å². The third-order valence-electron chi connectivity index (χ3n) is 2.44. The molecular formula is C14H14INO. The van der Waals surface area contributed by atoms with E-state index in [0.717, 1.165) is 27.1 Å². The molecule has 0 saturated carbocycles. The second-order valence-corrected chi connectivity index (χ2v) is 4.84. The van der Waals surface area contributed by atoms with Crippen molar-refractivity contribution in [3.05, 3.63) is 57.7 Å². The van der Waals surface area contributed by atoms with Crippen molar-refractivity contribution in [1.82, 2.24) is 0 Å². The molecule has 0 heterocycles.